The number of nitrogens with two attached hydrogens (primary N) is 1. The molecule has 10 heteroatoms. The molecule has 0 spiro atoms. The number of nitrogens with zero attached hydrogens (tertiary/aromatic N) is 1. The van der Waals surface area contributed by atoms with Gasteiger partial charge in [0, 0.05) is 51.3 Å². The fourth-order valence-electron chi connectivity index (χ4n) is 5.10. The van der Waals surface area contributed by atoms with E-state index < -0.39 is 0 Å². The van der Waals surface area contributed by atoms with Crippen LogP contribution in [-0.4, -0.2) is 36.4 Å². The Morgan fingerprint density at radius 3 is 2.66 bits per heavy atom. The predicted molar refractivity (Wildman–Crippen MR) is 177 cm³/mol. The van der Waals surface area contributed by atoms with Crippen molar-refractivity contribution in [3.8, 4) is 22.3 Å². The van der Waals surface area contributed by atoms with Crippen molar-refractivity contribution in [3.05, 3.63) is 89.9 Å². The van der Waals surface area contributed by atoms with Crippen LogP contribution < -0.4 is 26.4 Å². The summed E-state index contributed by atoms with van der Waals surface area (Å²) in [5, 5.41) is 8.94. The minimum atomic E-state index is -0.389. The van der Waals surface area contributed by atoms with Gasteiger partial charge in [0.2, 0.25) is 5.91 Å². The molecule has 5 rings (SSSR count). The van der Waals surface area contributed by atoms with Crippen LogP contribution in [0, 0.1) is 5.82 Å². The summed E-state index contributed by atoms with van der Waals surface area (Å²) in [6.07, 6.45) is 6.93. The number of nitrogen functional groups attached to an aromatic ring is 1. The minimum absolute atomic E-state index is 0.0806. The Kier molecular flexibility index (Phi) is 10.5. The molecule has 1 aliphatic heterocycles. The molecule has 0 atom stereocenters. The quantitative estimate of drug-likeness (QED) is 0.0847. The molecule has 3 aromatic carbocycles. The van der Waals surface area contributed by atoms with Gasteiger partial charge in [-0.1, -0.05) is 50.5 Å². The molecule has 0 aliphatic carbocycles. The zero-order chi connectivity index (χ0) is 30.9. The van der Waals surface area contributed by atoms with Crippen molar-refractivity contribution in [1.29, 1.82) is 0 Å². The fraction of sp³-hybridized carbons (Fsp3) is 0.265. The van der Waals surface area contributed by atoms with Gasteiger partial charge >= 0.3 is 0 Å². The number of halogens is 1. The molecule has 2 heterocycles. The van der Waals surface area contributed by atoms with Crippen LogP contribution in [0.4, 0.5) is 21.6 Å². The highest BCUT2D eigenvalue weighted by atomic mass is 32.2. The van der Waals surface area contributed by atoms with Crippen LogP contribution >= 0.6 is 11.9 Å². The Labute approximate surface area is 261 Å². The second-order valence-corrected chi connectivity index (χ2v) is 11.6. The highest BCUT2D eigenvalue weighted by Crippen LogP contribution is 2.34. The fourth-order valence-corrected chi connectivity index (χ4v) is 5.77. The van der Waals surface area contributed by atoms with Gasteiger partial charge in [-0.2, -0.15) is 0 Å². The maximum Gasteiger partial charge on any atom is 0.251 e. The molecule has 6 N–H and O–H groups in total. The van der Waals surface area contributed by atoms with Crippen LogP contribution in [-0.2, 0) is 11.2 Å². The molecule has 0 unspecified atom stereocenters. The van der Waals surface area contributed by atoms with Crippen LogP contribution in [0.3, 0.4) is 0 Å². The molecule has 1 aliphatic rings. The Balaban J connectivity index is 1.21. The van der Waals surface area contributed by atoms with E-state index in [-0.39, 0.29) is 24.2 Å². The third-order valence-corrected chi connectivity index (χ3v) is 8.26. The van der Waals surface area contributed by atoms with Crippen molar-refractivity contribution >= 4 is 41.0 Å². The number of carbonyl (C=O) groups is 2. The number of anilines is 3. The monoisotopic (exact) mass is 612 g/mol. The van der Waals surface area contributed by atoms with E-state index >= 15 is 4.39 Å². The van der Waals surface area contributed by atoms with Gasteiger partial charge in [-0.15, -0.1) is 0 Å². The molecule has 228 valence electrons. The van der Waals surface area contributed by atoms with Gasteiger partial charge in [0.25, 0.3) is 5.91 Å². The first-order valence-electron chi connectivity index (χ1n) is 14.9. The maximum atomic E-state index is 15.4. The Morgan fingerprint density at radius 1 is 0.977 bits per heavy atom. The lowest BCUT2D eigenvalue weighted by molar-refractivity contribution is -0.115. The molecule has 0 radical (unpaired) electrons. The molecule has 4 aromatic rings. The lowest BCUT2D eigenvalue weighted by Gasteiger charge is -2.18. The number of hydrogen-bond donors (Lipinski definition) is 5. The Bertz CT molecular complexity index is 1650. The van der Waals surface area contributed by atoms with Gasteiger partial charge in [-0.3, -0.25) is 9.59 Å². The highest BCUT2D eigenvalue weighted by Gasteiger charge is 2.18. The number of amides is 2. The van der Waals surface area contributed by atoms with E-state index in [9.17, 15) is 9.59 Å². The van der Waals surface area contributed by atoms with E-state index in [0.717, 1.165) is 36.2 Å². The summed E-state index contributed by atoms with van der Waals surface area (Å²) in [5.74, 6) is -0.229. The van der Waals surface area contributed by atoms with Crippen molar-refractivity contribution in [1.82, 2.24) is 15.6 Å². The van der Waals surface area contributed by atoms with Crippen LogP contribution in [0.5, 0.6) is 0 Å². The van der Waals surface area contributed by atoms with Crippen LogP contribution in [0.25, 0.3) is 22.3 Å². The highest BCUT2D eigenvalue weighted by molar-refractivity contribution is 8.00. The summed E-state index contributed by atoms with van der Waals surface area (Å²) in [4.78, 5) is 29.5. The molecular formula is C34H37FN6O2S. The molecule has 0 bridgehead atoms. The van der Waals surface area contributed by atoms with Crippen LogP contribution in [0.2, 0.25) is 0 Å². The first-order valence-corrected chi connectivity index (χ1v) is 15.7. The summed E-state index contributed by atoms with van der Waals surface area (Å²) in [6.45, 7) is 3.86. The number of carbonyl (C=O) groups excluding carboxylic acids is 2. The number of benzene rings is 3. The molecule has 0 saturated heterocycles. The second-order valence-electron chi connectivity index (χ2n) is 10.7. The van der Waals surface area contributed by atoms with Crippen molar-refractivity contribution in [2.24, 2.45) is 0 Å². The van der Waals surface area contributed by atoms with Gasteiger partial charge in [-0.25, -0.2) is 9.37 Å². The van der Waals surface area contributed by atoms with Gasteiger partial charge in [0.05, 0.1) is 6.54 Å². The standard InChI is InChI=1S/C34H37FN6O2S/c1-2-3-4-5-14-37-21-32(42)40-25-7-6-8-26(18-25)41-44-27-10-12-28(31(35)19-27)24-17-30(33(36)39-20-24)22-9-11-29-23(16-22)13-15-38-34(29)43/h6-12,16-20,37,41H,2-5,13-15,21H2,1H3,(H2,36,39)(H,38,43)(H,40,42). The van der Waals surface area contributed by atoms with Crippen LogP contribution in [0.1, 0.15) is 48.5 Å². The summed E-state index contributed by atoms with van der Waals surface area (Å²) >= 11 is 1.27. The predicted octanol–water partition coefficient (Wildman–Crippen LogP) is 6.65. The molecule has 2 amide bonds. The van der Waals surface area contributed by atoms with Crippen molar-refractivity contribution in [3.63, 3.8) is 0 Å². The third-order valence-electron chi connectivity index (χ3n) is 7.44. The third kappa shape index (κ3) is 7.94. The smallest absolute Gasteiger partial charge is 0.251 e. The molecule has 0 saturated carbocycles. The van der Waals surface area contributed by atoms with E-state index in [2.05, 4.69) is 32.6 Å². The second kappa shape index (κ2) is 14.9. The molecule has 8 nitrogen and oxygen atoms in total. The van der Waals surface area contributed by atoms with Gasteiger partial charge in [-0.05, 0) is 84.9 Å². The van der Waals surface area contributed by atoms with E-state index in [1.54, 1.807) is 18.3 Å². The normalized spacial score (nSPS) is 12.4. The summed E-state index contributed by atoms with van der Waals surface area (Å²) in [6, 6.07) is 19.9. The van der Waals surface area contributed by atoms with Crippen molar-refractivity contribution in [2.75, 3.05) is 35.4 Å². The van der Waals surface area contributed by atoms with Gasteiger partial charge in [0.1, 0.15) is 11.6 Å². The number of fused-ring (bicyclic) bond motifs is 1. The number of unbranched alkanes of at least 4 members (excludes halogenated alkanes) is 3. The Hall–Kier alpha value is -4.41. The Morgan fingerprint density at radius 2 is 1.82 bits per heavy atom. The number of pyridine rings is 1. The molecular weight excluding hydrogens is 575 g/mol. The summed E-state index contributed by atoms with van der Waals surface area (Å²) in [7, 11) is 0. The molecule has 44 heavy (non-hydrogen) atoms. The number of aromatic nitrogens is 1. The maximum absolute atomic E-state index is 15.4. The molecule has 0 fully saturated rings. The lowest BCUT2D eigenvalue weighted by atomic mass is 9.94. The van der Waals surface area contributed by atoms with Crippen LogP contribution in [0.15, 0.2) is 77.8 Å². The number of hydrogen-bond acceptors (Lipinski definition) is 7. The summed E-state index contributed by atoms with van der Waals surface area (Å²) in [5.41, 5.74) is 11.8. The lowest BCUT2D eigenvalue weighted by Crippen LogP contribution is -2.31. The largest absolute Gasteiger partial charge is 0.383 e. The van der Waals surface area contributed by atoms with E-state index in [0.29, 0.717) is 45.2 Å². The number of nitrogens with one attached hydrogen (secondary N) is 4. The van der Waals surface area contributed by atoms with E-state index in [1.807, 2.05) is 48.5 Å². The minimum Gasteiger partial charge on any atom is -0.383 e. The van der Waals surface area contributed by atoms with E-state index in [1.165, 1.54) is 37.3 Å². The van der Waals surface area contributed by atoms with Gasteiger partial charge in [0.15, 0.2) is 0 Å². The zero-order valence-electron chi connectivity index (χ0n) is 24.7. The average Bonchev–Trinajstić information content (AvgIpc) is 3.02. The first kappa shape index (κ1) is 31.0. The zero-order valence-corrected chi connectivity index (χ0v) is 25.5. The average molecular weight is 613 g/mol. The van der Waals surface area contributed by atoms with Crippen molar-refractivity contribution < 1.29 is 14.0 Å². The first-order chi connectivity index (χ1) is 21.4. The van der Waals surface area contributed by atoms with Gasteiger partial charge < -0.3 is 26.4 Å². The summed E-state index contributed by atoms with van der Waals surface area (Å²) < 4.78 is 18.6. The topological polar surface area (TPSA) is 121 Å². The number of rotatable bonds is 13. The van der Waals surface area contributed by atoms with Crippen molar-refractivity contribution in [2.45, 2.75) is 43.9 Å². The SMILES string of the molecule is CCCCCCNCC(=O)Nc1cccc(NSc2ccc(-c3cnc(N)c(-c4ccc5c(c4)CCNC5=O)c3)c(F)c2)c1. The molecule has 1 aromatic heterocycles. The van der Waals surface area contributed by atoms with E-state index in [4.69, 9.17) is 5.73 Å².